The number of likely N-dealkylation sites (tertiary alicyclic amines) is 1. The number of aromatic nitrogens is 3. The molecule has 3 heterocycles. The second-order valence-corrected chi connectivity index (χ2v) is 6.77. The first kappa shape index (κ1) is 16.8. The highest BCUT2D eigenvalue weighted by Gasteiger charge is 2.23. The highest BCUT2D eigenvalue weighted by atomic mass is 79.9. The van der Waals surface area contributed by atoms with Gasteiger partial charge in [0.25, 0.3) is 0 Å². The molecule has 0 atom stereocenters. The minimum absolute atomic E-state index is 0.165. The van der Waals surface area contributed by atoms with Crippen LogP contribution in [0.2, 0.25) is 0 Å². The van der Waals surface area contributed by atoms with Crippen molar-refractivity contribution in [3.63, 3.8) is 0 Å². The van der Waals surface area contributed by atoms with Gasteiger partial charge in [0.15, 0.2) is 0 Å². The predicted octanol–water partition coefficient (Wildman–Crippen LogP) is 2.49. The van der Waals surface area contributed by atoms with Crippen LogP contribution in [0.1, 0.15) is 18.4 Å². The van der Waals surface area contributed by atoms with Crippen LogP contribution in [0.4, 0.5) is 0 Å². The van der Waals surface area contributed by atoms with Gasteiger partial charge < -0.3 is 9.64 Å². The Bertz CT molecular complexity index is 658. The van der Waals surface area contributed by atoms with Crippen molar-refractivity contribution in [1.29, 1.82) is 0 Å². The first-order valence-electron chi connectivity index (χ1n) is 7.98. The molecule has 3 rings (SSSR count). The summed E-state index contributed by atoms with van der Waals surface area (Å²) >= 11 is 3.29. The zero-order valence-electron chi connectivity index (χ0n) is 13.3. The van der Waals surface area contributed by atoms with E-state index in [9.17, 15) is 4.79 Å². The van der Waals surface area contributed by atoms with E-state index in [-0.39, 0.29) is 5.91 Å². The third kappa shape index (κ3) is 4.74. The number of pyridine rings is 1. The van der Waals surface area contributed by atoms with Crippen LogP contribution in [0, 0.1) is 5.92 Å². The lowest BCUT2D eigenvalue weighted by molar-refractivity contribution is -0.132. The first-order valence-corrected chi connectivity index (χ1v) is 8.77. The minimum Gasteiger partial charge on any atom is -0.463 e. The van der Waals surface area contributed by atoms with Crippen molar-refractivity contribution in [2.24, 2.45) is 5.92 Å². The third-order valence-electron chi connectivity index (χ3n) is 4.09. The van der Waals surface area contributed by atoms with Crippen molar-refractivity contribution < 1.29 is 9.53 Å². The van der Waals surface area contributed by atoms with Crippen molar-refractivity contribution >= 4 is 21.8 Å². The number of piperidine rings is 1. The molecule has 0 unspecified atom stereocenters. The van der Waals surface area contributed by atoms with Crippen LogP contribution >= 0.6 is 15.9 Å². The minimum atomic E-state index is 0.165. The van der Waals surface area contributed by atoms with Crippen molar-refractivity contribution in [1.82, 2.24) is 19.9 Å². The lowest BCUT2D eigenvalue weighted by Crippen LogP contribution is -2.40. The van der Waals surface area contributed by atoms with E-state index in [0.29, 0.717) is 25.0 Å². The van der Waals surface area contributed by atoms with Gasteiger partial charge in [-0.2, -0.15) is 0 Å². The molecule has 24 heavy (non-hydrogen) atoms. The Morgan fingerprint density at radius 3 is 2.67 bits per heavy atom. The number of carbonyl (C=O) groups excluding carboxylic acids is 1. The molecule has 0 spiro atoms. The molecule has 0 saturated carbocycles. The van der Waals surface area contributed by atoms with Gasteiger partial charge in [0.2, 0.25) is 5.91 Å². The maximum atomic E-state index is 12.3. The van der Waals surface area contributed by atoms with Gasteiger partial charge in [0.1, 0.15) is 0 Å². The second-order valence-electron chi connectivity index (χ2n) is 5.86. The summed E-state index contributed by atoms with van der Waals surface area (Å²) in [5.74, 6) is 0.596. The SMILES string of the molecule is O=C(Cc1cccnc1)N1CCC(COc2ncc(Br)cn2)CC1. The number of nitrogens with zero attached hydrogens (tertiary/aromatic N) is 4. The number of amides is 1. The van der Waals surface area contributed by atoms with Crippen LogP contribution in [0.5, 0.6) is 6.01 Å². The molecule has 2 aromatic heterocycles. The van der Waals surface area contributed by atoms with Gasteiger partial charge in [-0.25, -0.2) is 9.97 Å². The Labute approximate surface area is 149 Å². The Balaban J connectivity index is 1.42. The molecule has 0 aliphatic carbocycles. The third-order valence-corrected chi connectivity index (χ3v) is 4.50. The summed E-state index contributed by atoms with van der Waals surface area (Å²) in [5.41, 5.74) is 0.959. The fraction of sp³-hybridized carbons (Fsp3) is 0.412. The summed E-state index contributed by atoms with van der Waals surface area (Å²) in [5, 5.41) is 0. The van der Waals surface area contributed by atoms with Crippen LogP contribution in [-0.2, 0) is 11.2 Å². The van der Waals surface area contributed by atoms with E-state index >= 15 is 0 Å². The van der Waals surface area contributed by atoms with E-state index in [1.807, 2.05) is 17.0 Å². The predicted molar refractivity (Wildman–Crippen MR) is 92.5 cm³/mol. The number of ether oxygens (including phenoxy) is 1. The summed E-state index contributed by atoms with van der Waals surface area (Å²) < 4.78 is 6.47. The lowest BCUT2D eigenvalue weighted by atomic mass is 9.97. The topological polar surface area (TPSA) is 68.2 Å². The highest BCUT2D eigenvalue weighted by Crippen LogP contribution is 2.19. The van der Waals surface area contributed by atoms with E-state index in [0.717, 1.165) is 36.0 Å². The van der Waals surface area contributed by atoms with Crippen molar-refractivity contribution in [3.8, 4) is 6.01 Å². The average molecular weight is 391 g/mol. The Morgan fingerprint density at radius 2 is 2.00 bits per heavy atom. The fourth-order valence-corrected chi connectivity index (χ4v) is 2.91. The molecule has 126 valence electrons. The molecule has 0 aromatic carbocycles. The average Bonchev–Trinajstić information content (AvgIpc) is 2.62. The van der Waals surface area contributed by atoms with Crippen LogP contribution in [0.25, 0.3) is 0 Å². The zero-order chi connectivity index (χ0) is 16.8. The van der Waals surface area contributed by atoms with Gasteiger partial charge in [-0.3, -0.25) is 9.78 Å². The summed E-state index contributed by atoms with van der Waals surface area (Å²) in [6.45, 7) is 2.13. The van der Waals surface area contributed by atoms with E-state index < -0.39 is 0 Å². The summed E-state index contributed by atoms with van der Waals surface area (Å²) in [7, 11) is 0. The van der Waals surface area contributed by atoms with Crippen LogP contribution < -0.4 is 4.74 Å². The van der Waals surface area contributed by atoms with E-state index in [1.165, 1.54) is 0 Å². The van der Waals surface area contributed by atoms with Gasteiger partial charge in [-0.1, -0.05) is 6.07 Å². The number of hydrogen-bond acceptors (Lipinski definition) is 5. The molecule has 1 saturated heterocycles. The highest BCUT2D eigenvalue weighted by molar-refractivity contribution is 9.10. The maximum absolute atomic E-state index is 12.3. The van der Waals surface area contributed by atoms with E-state index in [4.69, 9.17) is 4.74 Å². The monoisotopic (exact) mass is 390 g/mol. The molecule has 0 bridgehead atoms. The van der Waals surface area contributed by atoms with Gasteiger partial charge in [-0.15, -0.1) is 0 Å². The molecule has 1 amide bonds. The Morgan fingerprint density at radius 1 is 1.25 bits per heavy atom. The van der Waals surface area contributed by atoms with Gasteiger partial charge >= 0.3 is 6.01 Å². The maximum Gasteiger partial charge on any atom is 0.316 e. The Hall–Kier alpha value is -2.02. The van der Waals surface area contributed by atoms with Crippen molar-refractivity contribution in [2.45, 2.75) is 19.3 Å². The number of carbonyl (C=O) groups is 1. The molecule has 0 radical (unpaired) electrons. The van der Waals surface area contributed by atoms with Gasteiger partial charge in [0, 0.05) is 37.9 Å². The second kappa shape index (κ2) is 8.19. The zero-order valence-corrected chi connectivity index (χ0v) is 14.9. The van der Waals surface area contributed by atoms with Crippen molar-refractivity contribution in [3.05, 3.63) is 47.0 Å². The van der Waals surface area contributed by atoms with E-state index in [2.05, 4.69) is 30.9 Å². The number of hydrogen-bond donors (Lipinski definition) is 0. The van der Waals surface area contributed by atoms with Crippen LogP contribution in [0.15, 0.2) is 41.4 Å². The molecular formula is C17H19BrN4O2. The normalized spacial score (nSPS) is 15.3. The summed E-state index contributed by atoms with van der Waals surface area (Å²) in [4.78, 5) is 26.5. The van der Waals surface area contributed by atoms with E-state index in [1.54, 1.807) is 24.8 Å². The van der Waals surface area contributed by atoms with Crippen LogP contribution in [0.3, 0.4) is 0 Å². The van der Waals surface area contributed by atoms with Gasteiger partial charge in [-0.05, 0) is 46.3 Å². The standard InChI is InChI=1S/C17H19BrN4O2/c18-15-10-20-17(21-11-15)24-12-13-3-6-22(7-4-13)16(23)8-14-2-1-5-19-9-14/h1-2,5,9-11,13H,3-4,6-8,12H2. The van der Waals surface area contributed by atoms with Crippen LogP contribution in [-0.4, -0.2) is 45.5 Å². The molecule has 1 aliphatic rings. The molecule has 0 N–H and O–H groups in total. The summed E-state index contributed by atoms with van der Waals surface area (Å²) in [6, 6.07) is 4.19. The quantitative estimate of drug-likeness (QED) is 0.784. The molecule has 1 fully saturated rings. The molecular weight excluding hydrogens is 372 g/mol. The first-order chi connectivity index (χ1) is 11.7. The number of halogens is 1. The largest absolute Gasteiger partial charge is 0.463 e. The number of rotatable bonds is 5. The van der Waals surface area contributed by atoms with Gasteiger partial charge in [0.05, 0.1) is 17.5 Å². The molecule has 1 aliphatic heterocycles. The van der Waals surface area contributed by atoms with Crippen molar-refractivity contribution in [2.75, 3.05) is 19.7 Å². The Kier molecular flexibility index (Phi) is 5.74. The lowest BCUT2D eigenvalue weighted by Gasteiger charge is -2.31. The molecule has 7 heteroatoms. The fourth-order valence-electron chi connectivity index (χ4n) is 2.71. The molecule has 6 nitrogen and oxygen atoms in total. The smallest absolute Gasteiger partial charge is 0.316 e. The molecule has 2 aromatic rings. The summed E-state index contributed by atoms with van der Waals surface area (Å²) in [6.07, 6.45) is 9.10.